The fraction of sp³-hybridized carbons (Fsp3) is 0.231. The van der Waals surface area contributed by atoms with E-state index in [1.54, 1.807) is 25.7 Å². The molecule has 0 saturated heterocycles. The first kappa shape index (κ1) is 13.0. The smallest absolute Gasteiger partial charge is 0.166 e. The summed E-state index contributed by atoms with van der Waals surface area (Å²) in [5, 5.41) is 2.91. The van der Waals surface area contributed by atoms with Crippen molar-refractivity contribution in [3.8, 4) is 0 Å². The van der Waals surface area contributed by atoms with Gasteiger partial charge in [-0.1, -0.05) is 0 Å². The number of carbonyl (C=O) groups is 1. The Hall–Kier alpha value is -2.10. The molecular weight excluding hydrogens is 214 g/mol. The van der Waals surface area contributed by atoms with Crippen LogP contribution in [0.15, 0.2) is 41.2 Å². The van der Waals surface area contributed by atoms with Crippen molar-refractivity contribution in [2.45, 2.75) is 13.8 Å². The Morgan fingerprint density at radius 2 is 2.24 bits per heavy atom. The highest BCUT2D eigenvalue weighted by Gasteiger charge is 2.02. The van der Waals surface area contributed by atoms with Crippen LogP contribution in [0.1, 0.15) is 24.3 Å². The molecule has 0 aliphatic heterocycles. The second-order valence-corrected chi connectivity index (χ2v) is 3.58. The van der Waals surface area contributed by atoms with E-state index in [0.29, 0.717) is 5.69 Å². The maximum Gasteiger partial charge on any atom is 0.166 e. The second kappa shape index (κ2) is 6.48. The van der Waals surface area contributed by atoms with Gasteiger partial charge in [-0.25, -0.2) is 0 Å². The molecule has 1 rings (SSSR count). The molecule has 0 fully saturated rings. The molecular formula is C13H17N3O. The summed E-state index contributed by atoms with van der Waals surface area (Å²) < 4.78 is 1.86. The minimum Gasteiger partial charge on any atom is -0.353 e. The lowest BCUT2D eigenvalue weighted by molar-refractivity contribution is 0.111. The molecule has 0 spiro atoms. The fourth-order valence-electron chi connectivity index (χ4n) is 1.40. The number of allylic oxidation sites excluding steroid dienone is 3. The largest absolute Gasteiger partial charge is 0.353 e. The molecule has 0 aliphatic carbocycles. The van der Waals surface area contributed by atoms with Gasteiger partial charge in [0, 0.05) is 25.1 Å². The van der Waals surface area contributed by atoms with Crippen molar-refractivity contribution in [2.24, 2.45) is 4.99 Å². The molecule has 4 nitrogen and oxygen atoms in total. The van der Waals surface area contributed by atoms with Crippen molar-refractivity contribution in [1.29, 1.82) is 0 Å². The lowest BCUT2D eigenvalue weighted by Crippen LogP contribution is -2.01. The molecule has 0 amide bonds. The number of aldehydes is 1. The van der Waals surface area contributed by atoms with Gasteiger partial charge in [0.1, 0.15) is 0 Å². The third kappa shape index (κ3) is 3.45. The van der Waals surface area contributed by atoms with Gasteiger partial charge in [-0.05, 0) is 37.6 Å². The summed E-state index contributed by atoms with van der Waals surface area (Å²) in [6, 6.07) is 3.64. The van der Waals surface area contributed by atoms with Gasteiger partial charge in [0.15, 0.2) is 6.29 Å². The number of hydrogen-bond donors (Lipinski definition) is 1. The standard InChI is InChI=1S/C13H17N3O/c1-11(6-7-15-10-14-3)12(2)16-8-4-5-13(16)9-17/h4-10H,1-3H3,(H,14,15)/b7-6-,12-11+. The zero-order valence-electron chi connectivity index (χ0n) is 10.3. The zero-order valence-corrected chi connectivity index (χ0v) is 10.3. The molecule has 17 heavy (non-hydrogen) atoms. The molecule has 0 radical (unpaired) electrons. The van der Waals surface area contributed by atoms with Crippen LogP contribution in [0.5, 0.6) is 0 Å². The third-order valence-electron chi connectivity index (χ3n) is 2.47. The second-order valence-electron chi connectivity index (χ2n) is 3.58. The van der Waals surface area contributed by atoms with Crippen LogP contribution < -0.4 is 5.32 Å². The first-order chi connectivity index (χ1) is 8.20. The van der Waals surface area contributed by atoms with E-state index in [1.165, 1.54) is 0 Å². The van der Waals surface area contributed by atoms with Crippen LogP contribution >= 0.6 is 0 Å². The van der Waals surface area contributed by atoms with Crippen LogP contribution in [0.25, 0.3) is 5.70 Å². The summed E-state index contributed by atoms with van der Waals surface area (Å²) in [5.74, 6) is 0. The van der Waals surface area contributed by atoms with E-state index in [-0.39, 0.29) is 0 Å². The number of hydrogen-bond acceptors (Lipinski definition) is 2. The van der Waals surface area contributed by atoms with Crippen LogP contribution in [0, 0.1) is 0 Å². The lowest BCUT2D eigenvalue weighted by Gasteiger charge is -2.08. The number of nitrogens with one attached hydrogen (secondary N) is 1. The number of aliphatic imine (C=N–C) groups is 1. The zero-order chi connectivity index (χ0) is 12.7. The van der Waals surface area contributed by atoms with Crippen molar-refractivity contribution in [2.75, 3.05) is 7.05 Å². The van der Waals surface area contributed by atoms with Crippen LogP contribution in [-0.4, -0.2) is 24.2 Å². The van der Waals surface area contributed by atoms with Crippen molar-refractivity contribution < 1.29 is 4.79 Å². The van der Waals surface area contributed by atoms with Gasteiger partial charge >= 0.3 is 0 Å². The van der Waals surface area contributed by atoms with Crippen molar-refractivity contribution in [3.63, 3.8) is 0 Å². The summed E-state index contributed by atoms with van der Waals surface area (Å²) in [6.07, 6.45) is 8.06. The third-order valence-corrected chi connectivity index (χ3v) is 2.47. The molecule has 0 saturated carbocycles. The van der Waals surface area contributed by atoms with Gasteiger partial charge in [-0.15, -0.1) is 0 Å². The molecule has 1 heterocycles. The number of nitrogens with zero attached hydrogens (tertiary/aromatic N) is 2. The van der Waals surface area contributed by atoms with Crippen molar-refractivity contribution >= 4 is 18.3 Å². The highest BCUT2D eigenvalue weighted by molar-refractivity contribution is 5.75. The summed E-state index contributed by atoms with van der Waals surface area (Å²) >= 11 is 0. The van der Waals surface area contributed by atoms with Crippen molar-refractivity contribution in [1.82, 2.24) is 9.88 Å². The molecule has 0 aromatic carbocycles. The van der Waals surface area contributed by atoms with Gasteiger partial charge in [0.2, 0.25) is 0 Å². The predicted molar refractivity (Wildman–Crippen MR) is 71.1 cm³/mol. The number of rotatable bonds is 5. The van der Waals surface area contributed by atoms with Crippen LogP contribution in [-0.2, 0) is 0 Å². The lowest BCUT2D eigenvalue weighted by atomic mass is 10.2. The van der Waals surface area contributed by atoms with E-state index in [2.05, 4.69) is 10.3 Å². The highest BCUT2D eigenvalue weighted by atomic mass is 16.1. The summed E-state index contributed by atoms with van der Waals surface area (Å²) in [7, 11) is 1.70. The normalized spacial score (nSPS) is 13.1. The topological polar surface area (TPSA) is 46.4 Å². The Labute approximate surface area is 101 Å². The predicted octanol–water partition coefficient (Wildman–Crippen LogP) is 2.31. The molecule has 4 heteroatoms. The molecule has 0 unspecified atom stereocenters. The van der Waals surface area contributed by atoms with Gasteiger partial charge in [0.05, 0.1) is 12.0 Å². The van der Waals surface area contributed by atoms with Crippen LogP contribution in [0.3, 0.4) is 0 Å². The molecule has 1 aromatic rings. The SMILES string of the molecule is CN=CN/C=C\C(C)=C(/C)n1cccc1C=O. The Morgan fingerprint density at radius 1 is 1.47 bits per heavy atom. The molecule has 0 bridgehead atoms. The molecule has 1 aromatic heterocycles. The van der Waals surface area contributed by atoms with Crippen LogP contribution in [0.4, 0.5) is 0 Å². The Balaban J connectivity index is 2.89. The summed E-state index contributed by atoms with van der Waals surface area (Å²) in [5.41, 5.74) is 2.74. The number of carbonyl (C=O) groups excluding carboxylic acids is 1. The maximum absolute atomic E-state index is 10.8. The summed E-state index contributed by atoms with van der Waals surface area (Å²) in [4.78, 5) is 14.6. The van der Waals surface area contributed by atoms with Gasteiger partial charge < -0.3 is 9.88 Å². The Morgan fingerprint density at radius 3 is 2.88 bits per heavy atom. The fourth-order valence-corrected chi connectivity index (χ4v) is 1.40. The van der Waals surface area contributed by atoms with Crippen LogP contribution in [0.2, 0.25) is 0 Å². The Bertz CT molecular complexity index is 467. The maximum atomic E-state index is 10.8. The first-order valence-electron chi connectivity index (χ1n) is 5.34. The average Bonchev–Trinajstić information content (AvgIpc) is 2.81. The molecule has 90 valence electrons. The van der Waals surface area contributed by atoms with Gasteiger partial charge in [0.25, 0.3) is 0 Å². The minimum absolute atomic E-state index is 0.651. The highest BCUT2D eigenvalue weighted by Crippen LogP contribution is 2.14. The molecule has 0 atom stereocenters. The van der Waals surface area contributed by atoms with Crippen molar-refractivity contribution in [3.05, 3.63) is 41.9 Å². The monoisotopic (exact) mass is 231 g/mol. The van der Waals surface area contributed by atoms with Gasteiger partial charge in [-0.3, -0.25) is 9.79 Å². The van der Waals surface area contributed by atoms with E-state index in [1.807, 2.05) is 36.8 Å². The van der Waals surface area contributed by atoms with E-state index in [9.17, 15) is 4.79 Å². The average molecular weight is 231 g/mol. The molecule has 0 aliphatic rings. The van der Waals surface area contributed by atoms with E-state index in [0.717, 1.165) is 17.6 Å². The summed E-state index contributed by atoms with van der Waals surface area (Å²) in [6.45, 7) is 3.96. The molecule has 1 N–H and O–H groups in total. The number of aromatic nitrogens is 1. The van der Waals surface area contributed by atoms with E-state index < -0.39 is 0 Å². The Kier molecular flexibility index (Phi) is 4.94. The first-order valence-corrected chi connectivity index (χ1v) is 5.34. The van der Waals surface area contributed by atoms with E-state index in [4.69, 9.17) is 0 Å². The quantitative estimate of drug-likeness (QED) is 0.366. The minimum atomic E-state index is 0.651. The van der Waals surface area contributed by atoms with E-state index >= 15 is 0 Å². The van der Waals surface area contributed by atoms with Gasteiger partial charge in [-0.2, -0.15) is 0 Å².